The molecule has 7 heteroatoms. The molecular formula is C11H14F3NO3. The number of methoxy groups -OCH3 is 1. The molecule has 0 aromatic carbocycles. The van der Waals surface area contributed by atoms with Crippen LogP contribution in [0.5, 0.6) is 17.5 Å². The van der Waals surface area contributed by atoms with Crippen LogP contribution >= 0.6 is 0 Å². The number of alkyl halides is 3. The Morgan fingerprint density at radius 2 is 1.83 bits per heavy atom. The third-order valence-electron chi connectivity index (χ3n) is 1.73. The van der Waals surface area contributed by atoms with Crippen LogP contribution in [0, 0.1) is 0 Å². The van der Waals surface area contributed by atoms with Gasteiger partial charge in [-0.2, -0.15) is 18.2 Å². The molecule has 1 aromatic heterocycles. The monoisotopic (exact) mass is 265 g/mol. The highest BCUT2D eigenvalue weighted by molar-refractivity contribution is 5.33. The van der Waals surface area contributed by atoms with Crippen LogP contribution in [0.25, 0.3) is 0 Å². The zero-order chi connectivity index (χ0) is 13.8. The minimum atomic E-state index is -4.41. The number of rotatable bonds is 5. The van der Waals surface area contributed by atoms with Gasteiger partial charge in [0.05, 0.1) is 13.2 Å². The summed E-state index contributed by atoms with van der Waals surface area (Å²) < 4.78 is 50.8. The van der Waals surface area contributed by atoms with E-state index in [1.165, 1.54) is 19.2 Å². The molecule has 0 amide bonds. The van der Waals surface area contributed by atoms with Gasteiger partial charge in [0.25, 0.3) is 0 Å². The minimum absolute atomic E-state index is 0.153. The molecule has 0 unspecified atom stereocenters. The van der Waals surface area contributed by atoms with E-state index in [0.717, 1.165) is 0 Å². The molecule has 4 nitrogen and oxygen atoms in total. The maximum atomic E-state index is 12.0. The predicted molar refractivity (Wildman–Crippen MR) is 58.1 cm³/mol. The van der Waals surface area contributed by atoms with Crippen LogP contribution in [0.3, 0.4) is 0 Å². The van der Waals surface area contributed by atoms with Crippen LogP contribution in [0.4, 0.5) is 13.2 Å². The summed E-state index contributed by atoms with van der Waals surface area (Å²) in [6.45, 7) is 2.14. The molecule has 18 heavy (non-hydrogen) atoms. The SMILES string of the molecule is COc1cc(OCC(F)(F)F)nc(OC(C)C)c1. The molecule has 1 heterocycles. The Kier molecular flexibility index (Phi) is 4.63. The first-order valence-corrected chi connectivity index (χ1v) is 5.22. The quantitative estimate of drug-likeness (QED) is 0.820. The number of ether oxygens (including phenoxy) is 3. The summed E-state index contributed by atoms with van der Waals surface area (Å²) in [5.74, 6) is 0.279. The van der Waals surface area contributed by atoms with Gasteiger partial charge in [-0.05, 0) is 13.8 Å². The highest BCUT2D eigenvalue weighted by Gasteiger charge is 2.28. The predicted octanol–water partition coefficient (Wildman–Crippen LogP) is 2.82. The second-order valence-corrected chi connectivity index (χ2v) is 3.75. The van der Waals surface area contributed by atoms with Crippen LogP contribution in [0.1, 0.15) is 13.8 Å². The summed E-state index contributed by atoms with van der Waals surface area (Å²) in [4.78, 5) is 3.80. The van der Waals surface area contributed by atoms with E-state index in [1.54, 1.807) is 13.8 Å². The molecule has 0 radical (unpaired) electrons. The molecule has 1 aromatic rings. The largest absolute Gasteiger partial charge is 0.496 e. The molecule has 0 saturated carbocycles. The van der Waals surface area contributed by atoms with Gasteiger partial charge in [0.1, 0.15) is 5.75 Å². The Morgan fingerprint density at radius 3 is 2.33 bits per heavy atom. The van der Waals surface area contributed by atoms with Crippen LogP contribution in [-0.4, -0.2) is 31.0 Å². The Morgan fingerprint density at radius 1 is 1.22 bits per heavy atom. The lowest BCUT2D eigenvalue weighted by Crippen LogP contribution is -2.19. The van der Waals surface area contributed by atoms with Crippen LogP contribution in [0.15, 0.2) is 12.1 Å². The molecule has 0 bridgehead atoms. The van der Waals surface area contributed by atoms with Crippen molar-refractivity contribution in [3.8, 4) is 17.5 Å². The van der Waals surface area contributed by atoms with Crippen LogP contribution in [0.2, 0.25) is 0 Å². The van der Waals surface area contributed by atoms with Gasteiger partial charge < -0.3 is 14.2 Å². The summed E-state index contributed by atoms with van der Waals surface area (Å²) in [6.07, 6.45) is -4.57. The molecule has 0 N–H and O–H groups in total. The highest BCUT2D eigenvalue weighted by atomic mass is 19.4. The molecule has 0 aliphatic rings. The Labute approximate surface area is 103 Å². The lowest BCUT2D eigenvalue weighted by Gasteiger charge is -2.13. The molecule has 0 saturated heterocycles. The van der Waals surface area contributed by atoms with Gasteiger partial charge in [0.15, 0.2) is 6.61 Å². The van der Waals surface area contributed by atoms with E-state index in [0.29, 0.717) is 5.75 Å². The zero-order valence-corrected chi connectivity index (χ0v) is 10.2. The molecule has 0 spiro atoms. The lowest BCUT2D eigenvalue weighted by molar-refractivity contribution is -0.154. The van der Waals surface area contributed by atoms with Crippen molar-refractivity contribution in [3.05, 3.63) is 12.1 Å². The van der Waals surface area contributed by atoms with Crippen molar-refractivity contribution in [1.29, 1.82) is 0 Å². The molecule has 102 valence electrons. The van der Waals surface area contributed by atoms with Gasteiger partial charge in [-0.1, -0.05) is 0 Å². The third-order valence-corrected chi connectivity index (χ3v) is 1.73. The topological polar surface area (TPSA) is 40.6 Å². The van der Waals surface area contributed by atoms with E-state index in [4.69, 9.17) is 9.47 Å². The van der Waals surface area contributed by atoms with Crippen LogP contribution < -0.4 is 14.2 Å². The maximum absolute atomic E-state index is 12.0. The van der Waals surface area contributed by atoms with E-state index < -0.39 is 12.8 Å². The van der Waals surface area contributed by atoms with Gasteiger partial charge in [-0.15, -0.1) is 0 Å². The Balaban J connectivity index is 2.83. The van der Waals surface area contributed by atoms with Gasteiger partial charge in [0.2, 0.25) is 11.8 Å². The maximum Gasteiger partial charge on any atom is 0.422 e. The van der Waals surface area contributed by atoms with Crippen molar-refractivity contribution >= 4 is 0 Å². The molecule has 0 aliphatic heterocycles. The van der Waals surface area contributed by atoms with Crippen molar-refractivity contribution in [2.75, 3.05) is 13.7 Å². The van der Waals surface area contributed by atoms with E-state index >= 15 is 0 Å². The second-order valence-electron chi connectivity index (χ2n) is 3.75. The smallest absolute Gasteiger partial charge is 0.422 e. The molecule has 1 rings (SSSR count). The summed E-state index contributed by atoms with van der Waals surface area (Å²) in [7, 11) is 1.39. The zero-order valence-electron chi connectivity index (χ0n) is 10.2. The number of hydrogen-bond acceptors (Lipinski definition) is 4. The Bertz CT molecular complexity index is 394. The first-order chi connectivity index (χ1) is 8.30. The standard InChI is InChI=1S/C11H14F3NO3/c1-7(2)18-10-5-8(16-3)4-9(15-10)17-6-11(12,13)14/h4-5,7H,6H2,1-3H3. The van der Waals surface area contributed by atoms with Crippen molar-refractivity contribution in [2.24, 2.45) is 0 Å². The lowest BCUT2D eigenvalue weighted by atomic mass is 10.4. The number of nitrogens with zero attached hydrogens (tertiary/aromatic N) is 1. The van der Waals surface area contributed by atoms with Gasteiger partial charge in [-0.25, -0.2) is 0 Å². The number of halogens is 3. The number of pyridine rings is 1. The first kappa shape index (κ1) is 14.4. The summed E-state index contributed by atoms with van der Waals surface area (Å²) >= 11 is 0. The molecule has 0 aliphatic carbocycles. The Hall–Kier alpha value is -1.66. The molecular weight excluding hydrogens is 251 g/mol. The van der Waals surface area contributed by atoms with Gasteiger partial charge >= 0.3 is 6.18 Å². The van der Waals surface area contributed by atoms with Crippen molar-refractivity contribution in [3.63, 3.8) is 0 Å². The van der Waals surface area contributed by atoms with Crippen molar-refractivity contribution in [2.45, 2.75) is 26.1 Å². The number of hydrogen-bond donors (Lipinski definition) is 0. The van der Waals surface area contributed by atoms with Gasteiger partial charge in [-0.3, -0.25) is 0 Å². The highest BCUT2D eigenvalue weighted by Crippen LogP contribution is 2.25. The fraction of sp³-hybridized carbons (Fsp3) is 0.545. The summed E-state index contributed by atoms with van der Waals surface area (Å²) in [6, 6.07) is 2.74. The van der Waals surface area contributed by atoms with Crippen molar-refractivity contribution < 1.29 is 27.4 Å². The van der Waals surface area contributed by atoms with E-state index in [-0.39, 0.29) is 17.9 Å². The van der Waals surface area contributed by atoms with E-state index in [9.17, 15) is 13.2 Å². The fourth-order valence-electron chi connectivity index (χ4n) is 1.11. The summed E-state index contributed by atoms with van der Waals surface area (Å²) in [5, 5.41) is 0. The first-order valence-electron chi connectivity index (χ1n) is 5.22. The normalized spacial score (nSPS) is 11.5. The average molecular weight is 265 g/mol. The molecule has 0 fully saturated rings. The fourth-order valence-corrected chi connectivity index (χ4v) is 1.11. The van der Waals surface area contributed by atoms with E-state index in [2.05, 4.69) is 9.72 Å². The van der Waals surface area contributed by atoms with Gasteiger partial charge in [0, 0.05) is 12.1 Å². The van der Waals surface area contributed by atoms with Crippen molar-refractivity contribution in [1.82, 2.24) is 4.98 Å². The average Bonchev–Trinajstić information content (AvgIpc) is 2.24. The minimum Gasteiger partial charge on any atom is -0.496 e. The van der Waals surface area contributed by atoms with E-state index in [1.807, 2.05) is 0 Å². The second kappa shape index (κ2) is 5.79. The van der Waals surface area contributed by atoms with Crippen LogP contribution in [-0.2, 0) is 0 Å². The third kappa shape index (κ3) is 5.11. The molecule has 0 atom stereocenters. The summed E-state index contributed by atoms with van der Waals surface area (Å²) in [5.41, 5.74) is 0. The number of aromatic nitrogens is 1.